The maximum absolute atomic E-state index is 11.1. The second kappa shape index (κ2) is 5.81. The van der Waals surface area contributed by atoms with Crippen LogP contribution in [0.2, 0.25) is 0 Å². The summed E-state index contributed by atoms with van der Waals surface area (Å²) in [4.78, 5) is 10.8. The van der Waals surface area contributed by atoms with E-state index >= 15 is 0 Å². The predicted molar refractivity (Wildman–Crippen MR) is 88.3 cm³/mol. The molecule has 1 saturated heterocycles. The van der Waals surface area contributed by atoms with E-state index in [1.54, 1.807) is 12.1 Å². The van der Waals surface area contributed by atoms with Crippen molar-refractivity contribution >= 4 is 11.4 Å². The zero-order chi connectivity index (χ0) is 15.8. The summed E-state index contributed by atoms with van der Waals surface area (Å²) < 4.78 is 6.06. The maximum atomic E-state index is 11.1. The molecule has 5 heteroatoms. The number of nitro groups is 1. The van der Waals surface area contributed by atoms with Gasteiger partial charge in [0.1, 0.15) is 0 Å². The molecule has 4 atom stereocenters. The van der Waals surface area contributed by atoms with Crippen LogP contribution in [-0.2, 0) is 4.74 Å². The van der Waals surface area contributed by atoms with Gasteiger partial charge in [-0.25, -0.2) is 0 Å². The van der Waals surface area contributed by atoms with E-state index < -0.39 is 0 Å². The Morgan fingerprint density at radius 1 is 1.30 bits per heavy atom. The Labute approximate surface area is 135 Å². The number of hydrogen-bond donors (Lipinski definition) is 1. The lowest BCUT2D eigenvalue weighted by Crippen LogP contribution is -2.45. The van der Waals surface area contributed by atoms with Crippen LogP contribution in [0.3, 0.4) is 0 Å². The SMILES string of the molecule is O=[N+]([O-])c1ccc2c(c1)[C@H]1OCCC[C@H]1[C@H](C1C=CC=CC1)N2. The van der Waals surface area contributed by atoms with E-state index in [2.05, 4.69) is 29.6 Å². The molecular formula is C18H20N2O3. The van der Waals surface area contributed by atoms with Gasteiger partial charge >= 0.3 is 0 Å². The Hall–Kier alpha value is -2.14. The van der Waals surface area contributed by atoms with Crippen molar-refractivity contribution in [3.63, 3.8) is 0 Å². The van der Waals surface area contributed by atoms with E-state index in [1.807, 2.05) is 6.07 Å². The molecule has 5 nitrogen and oxygen atoms in total. The van der Waals surface area contributed by atoms with Crippen LogP contribution < -0.4 is 5.32 Å². The molecule has 1 aliphatic carbocycles. The average Bonchev–Trinajstić information content (AvgIpc) is 2.61. The number of allylic oxidation sites excluding steroid dienone is 3. The first kappa shape index (κ1) is 14.5. The molecule has 2 heterocycles. The van der Waals surface area contributed by atoms with Gasteiger partial charge in [0.25, 0.3) is 5.69 Å². The molecule has 3 aliphatic rings. The van der Waals surface area contributed by atoms with E-state index in [4.69, 9.17) is 4.74 Å². The Bertz CT molecular complexity index is 683. The molecule has 0 spiro atoms. The first-order valence-electron chi connectivity index (χ1n) is 8.24. The fourth-order valence-corrected chi connectivity index (χ4v) is 4.10. The summed E-state index contributed by atoms with van der Waals surface area (Å²) in [5, 5.41) is 14.7. The van der Waals surface area contributed by atoms with Crippen molar-refractivity contribution in [2.75, 3.05) is 11.9 Å². The van der Waals surface area contributed by atoms with Gasteiger partial charge in [-0.1, -0.05) is 24.3 Å². The van der Waals surface area contributed by atoms with Crippen LogP contribution in [0.4, 0.5) is 11.4 Å². The van der Waals surface area contributed by atoms with Gasteiger partial charge < -0.3 is 10.1 Å². The highest BCUT2D eigenvalue weighted by Crippen LogP contribution is 2.47. The van der Waals surface area contributed by atoms with Crippen molar-refractivity contribution in [1.29, 1.82) is 0 Å². The normalized spacial score (nSPS) is 31.8. The van der Waals surface area contributed by atoms with Gasteiger partial charge in [-0.3, -0.25) is 10.1 Å². The highest BCUT2D eigenvalue weighted by molar-refractivity contribution is 5.60. The summed E-state index contributed by atoms with van der Waals surface area (Å²) in [5.41, 5.74) is 2.06. The van der Waals surface area contributed by atoms with Gasteiger partial charge in [0.05, 0.1) is 11.0 Å². The summed E-state index contributed by atoms with van der Waals surface area (Å²) >= 11 is 0. The van der Waals surface area contributed by atoms with E-state index in [-0.39, 0.29) is 16.7 Å². The number of nitrogens with one attached hydrogen (secondary N) is 1. The van der Waals surface area contributed by atoms with E-state index in [9.17, 15) is 10.1 Å². The minimum absolute atomic E-state index is 0.0378. The third-order valence-corrected chi connectivity index (χ3v) is 5.18. The van der Waals surface area contributed by atoms with Crippen LogP contribution >= 0.6 is 0 Å². The number of ether oxygens (including phenoxy) is 1. The number of benzene rings is 1. The van der Waals surface area contributed by atoms with Crippen molar-refractivity contribution in [3.05, 3.63) is 58.2 Å². The third-order valence-electron chi connectivity index (χ3n) is 5.18. The molecular weight excluding hydrogens is 292 g/mol. The summed E-state index contributed by atoms with van der Waals surface area (Å²) in [6.07, 6.45) is 11.8. The van der Waals surface area contributed by atoms with Gasteiger partial charge in [-0.15, -0.1) is 0 Å². The Morgan fingerprint density at radius 3 is 3.00 bits per heavy atom. The lowest BCUT2D eigenvalue weighted by atomic mass is 9.74. The van der Waals surface area contributed by atoms with E-state index in [0.717, 1.165) is 37.1 Å². The van der Waals surface area contributed by atoms with Crippen molar-refractivity contribution in [2.45, 2.75) is 31.4 Å². The van der Waals surface area contributed by atoms with Crippen LogP contribution in [-0.4, -0.2) is 17.6 Å². The van der Waals surface area contributed by atoms with Crippen molar-refractivity contribution in [2.24, 2.45) is 11.8 Å². The minimum atomic E-state index is -0.334. The highest BCUT2D eigenvalue weighted by atomic mass is 16.6. The molecule has 4 rings (SSSR count). The van der Waals surface area contributed by atoms with Crippen molar-refractivity contribution in [3.8, 4) is 0 Å². The third kappa shape index (κ3) is 2.55. The summed E-state index contributed by atoms with van der Waals surface area (Å²) in [6, 6.07) is 5.40. The largest absolute Gasteiger partial charge is 0.381 e. The molecule has 0 bridgehead atoms. The van der Waals surface area contributed by atoms with Gasteiger partial charge in [0.15, 0.2) is 0 Å². The van der Waals surface area contributed by atoms with Crippen LogP contribution in [0.5, 0.6) is 0 Å². The fraction of sp³-hybridized carbons (Fsp3) is 0.444. The summed E-state index contributed by atoms with van der Waals surface area (Å²) in [7, 11) is 0. The topological polar surface area (TPSA) is 64.4 Å². The van der Waals surface area contributed by atoms with Gasteiger partial charge in [-0.05, 0) is 25.3 Å². The monoisotopic (exact) mass is 312 g/mol. The quantitative estimate of drug-likeness (QED) is 0.662. The van der Waals surface area contributed by atoms with E-state index in [0.29, 0.717) is 17.9 Å². The Morgan fingerprint density at radius 2 is 2.22 bits per heavy atom. The van der Waals surface area contributed by atoms with Crippen LogP contribution in [0.15, 0.2) is 42.5 Å². The standard InChI is InChI=1S/C18H20N2O3/c21-20(22)13-8-9-16-15(11-13)18-14(7-4-10-23-18)17(19-16)12-5-2-1-3-6-12/h1-3,5,8-9,11-12,14,17-19H,4,6-7,10H2/t12?,14-,17-,18-/m0/s1. The molecule has 1 aromatic rings. The lowest BCUT2D eigenvalue weighted by Gasteiger charge is -2.45. The number of nitro benzene ring substituents is 1. The number of non-ortho nitro benzene ring substituents is 1. The Kier molecular flexibility index (Phi) is 3.65. The van der Waals surface area contributed by atoms with Gasteiger partial charge in [0, 0.05) is 47.9 Å². The summed E-state index contributed by atoms with van der Waals surface area (Å²) in [5.74, 6) is 0.803. The number of anilines is 1. The van der Waals surface area contributed by atoms with Gasteiger partial charge in [0.2, 0.25) is 0 Å². The molecule has 1 unspecified atom stereocenters. The van der Waals surface area contributed by atoms with Gasteiger partial charge in [-0.2, -0.15) is 0 Å². The molecule has 1 N–H and O–H groups in total. The fourth-order valence-electron chi connectivity index (χ4n) is 4.10. The first-order valence-corrected chi connectivity index (χ1v) is 8.24. The van der Waals surface area contributed by atoms with Crippen LogP contribution in [0.1, 0.15) is 30.9 Å². The minimum Gasteiger partial charge on any atom is -0.381 e. The maximum Gasteiger partial charge on any atom is 0.269 e. The molecule has 2 aliphatic heterocycles. The zero-order valence-electron chi connectivity index (χ0n) is 12.9. The molecule has 120 valence electrons. The molecule has 0 aromatic heterocycles. The summed E-state index contributed by atoms with van der Waals surface area (Å²) in [6.45, 7) is 0.733. The predicted octanol–water partition coefficient (Wildman–Crippen LogP) is 3.99. The average molecular weight is 312 g/mol. The number of rotatable bonds is 2. The Balaban J connectivity index is 1.72. The van der Waals surface area contributed by atoms with Crippen LogP contribution in [0, 0.1) is 22.0 Å². The number of fused-ring (bicyclic) bond motifs is 3. The van der Waals surface area contributed by atoms with Crippen molar-refractivity contribution < 1.29 is 9.66 Å². The highest BCUT2D eigenvalue weighted by Gasteiger charge is 2.42. The molecule has 0 radical (unpaired) electrons. The molecule has 0 saturated carbocycles. The first-order chi connectivity index (χ1) is 11.2. The number of nitrogens with zero attached hydrogens (tertiary/aromatic N) is 1. The second-order valence-corrected chi connectivity index (χ2v) is 6.51. The zero-order valence-corrected chi connectivity index (χ0v) is 12.9. The number of hydrogen-bond acceptors (Lipinski definition) is 4. The second-order valence-electron chi connectivity index (χ2n) is 6.51. The van der Waals surface area contributed by atoms with Crippen LogP contribution in [0.25, 0.3) is 0 Å². The van der Waals surface area contributed by atoms with Crippen molar-refractivity contribution in [1.82, 2.24) is 0 Å². The molecule has 1 aromatic carbocycles. The lowest BCUT2D eigenvalue weighted by molar-refractivity contribution is -0.385. The molecule has 0 amide bonds. The molecule has 1 fully saturated rings. The van der Waals surface area contributed by atoms with E-state index in [1.165, 1.54) is 0 Å². The smallest absolute Gasteiger partial charge is 0.269 e. The molecule has 23 heavy (non-hydrogen) atoms.